The average molecular weight is 417 g/mol. The van der Waals surface area contributed by atoms with Gasteiger partial charge in [-0.3, -0.25) is 0 Å². The first-order valence-electron chi connectivity index (χ1n) is 11.0. The minimum absolute atomic E-state index is 0.173. The first-order valence-corrected chi connectivity index (χ1v) is 11.0. The summed E-state index contributed by atoms with van der Waals surface area (Å²) in [5.41, 5.74) is 3.03. The lowest BCUT2D eigenvalue weighted by Gasteiger charge is -2.36. The smallest absolute Gasteiger partial charge is 0.158 e. The molecule has 4 nitrogen and oxygen atoms in total. The van der Waals surface area contributed by atoms with E-state index in [1.165, 1.54) is 22.0 Å². The Hall–Kier alpha value is -2.87. The third kappa shape index (κ3) is 5.64. The molecule has 2 atom stereocenters. The number of ether oxygens (including phenoxy) is 2. The lowest BCUT2D eigenvalue weighted by atomic mass is 9.87. The zero-order chi connectivity index (χ0) is 22.2. The third-order valence-electron chi connectivity index (χ3n) is 5.95. The molecule has 3 aromatic rings. The summed E-state index contributed by atoms with van der Waals surface area (Å²) in [4.78, 5) is 2.32. The van der Waals surface area contributed by atoms with Gasteiger partial charge in [0.15, 0.2) is 6.29 Å². The van der Waals surface area contributed by atoms with E-state index in [0.717, 1.165) is 6.42 Å². The van der Waals surface area contributed by atoms with Crippen LogP contribution in [-0.2, 0) is 9.47 Å². The Morgan fingerprint density at radius 3 is 2.16 bits per heavy atom. The molecule has 0 saturated carbocycles. The van der Waals surface area contributed by atoms with Crippen LogP contribution in [0.5, 0.6) is 0 Å². The number of fused-ring (bicyclic) bond motifs is 1. The van der Waals surface area contributed by atoms with Crippen molar-refractivity contribution in [1.82, 2.24) is 0 Å². The van der Waals surface area contributed by atoms with Crippen molar-refractivity contribution < 1.29 is 9.47 Å². The fourth-order valence-corrected chi connectivity index (χ4v) is 4.08. The molecule has 3 rings (SSSR count). The molecule has 0 aliphatic carbocycles. The Kier molecular flexibility index (Phi) is 8.06. The summed E-state index contributed by atoms with van der Waals surface area (Å²) in [5, 5.41) is 11.7. The predicted octanol–water partition coefficient (Wildman–Crippen LogP) is 6.11. The lowest BCUT2D eigenvalue weighted by molar-refractivity contribution is -0.142. The first-order chi connectivity index (χ1) is 15.1. The Labute approximate surface area is 186 Å². The largest absolute Gasteiger partial charge is 0.371 e. The molecule has 0 spiro atoms. The van der Waals surface area contributed by atoms with Gasteiger partial charge in [0.05, 0.1) is 11.6 Å². The Balaban J connectivity index is 1.92. The van der Waals surface area contributed by atoms with Crippen LogP contribution in [0.3, 0.4) is 0 Å². The van der Waals surface area contributed by atoms with Crippen LogP contribution in [-0.4, -0.2) is 32.6 Å². The summed E-state index contributed by atoms with van der Waals surface area (Å²) < 4.78 is 11.8. The van der Waals surface area contributed by atoms with Crippen LogP contribution in [0, 0.1) is 11.3 Å². The van der Waals surface area contributed by atoms with Gasteiger partial charge in [0.1, 0.15) is 0 Å². The molecule has 3 aromatic carbocycles. The molecular formula is C27H32N2O2. The van der Waals surface area contributed by atoms with Crippen molar-refractivity contribution in [2.75, 3.05) is 25.2 Å². The number of nitriles is 1. The van der Waals surface area contributed by atoms with Crippen molar-refractivity contribution >= 4 is 16.5 Å². The maximum atomic E-state index is 9.19. The number of nitrogens with zero attached hydrogens (tertiary/aromatic N) is 2. The quantitative estimate of drug-likeness (QED) is 0.374. The van der Waals surface area contributed by atoms with Crippen LogP contribution in [0.25, 0.3) is 10.8 Å². The molecule has 0 heterocycles. The maximum Gasteiger partial charge on any atom is 0.158 e. The van der Waals surface area contributed by atoms with E-state index in [0.29, 0.717) is 18.8 Å². The molecule has 0 aliphatic heterocycles. The summed E-state index contributed by atoms with van der Waals surface area (Å²) in [7, 11) is 2.14. The summed E-state index contributed by atoms with van der Waals surface area (Å²) in [6, 6.07) is 25.3. The fraction of sp³-hybridized carbons (Fsp3) is 0.370. The van der Waals surface area contributed by atoms with Crippen molar-refractivity contribution in [3.63, 3.8) is 0 Å². The highest BCUT2D eigenvalue weighted by Gasteiger charge is 2.27. The highest BCUT2D eigenvalue weighted by Crippen LogP contribution is 2.32. The highest BCUT2D eigenvalue weighted by molar-refractivity contribution is 5.85. The van der Waals surface area contributed by atoms with Crippen LogP contribution in [0.15, 0.2) is 66.7 Å². The highest BCUT2D eigenvalue weighted by atomic mass is 16.7. The third-order valence-corrected chi connectivity index (χ3v) is 5.95. The molecule has 0 fully saturated rings. The van der Waals surface area contributed by atoms with Crippen molar-refractivity contribution in [3.05, 3.63) is 77.9 Å². The summed E-state index contributed by atoms with van der Waals surface area (Å²) in [5.74, 6) is 0.173. The number of hydrogen-bond donors (Lipinski definition) is 0. The Morgan fingerprint density at radius 2 is 1.55 bits per heavy atom. The molecule has 0 amide bonds. The fourth-order valence-electron chi connectivity index (χ4n) is 4.08. The molecule has 0 bridgehead atoms. The van der Waals surface area contributed by atoms with Gasteiger partial charge in [0.25, 0.3) is 0 Å². The van der Waals surface area contributed by atoms with Crippen molar-refractivity contribution in [2.45, 2.75) is 45.4 Å². The van der Waals surface area contributed by atoms with Gasteiger partial charge in [-0.1, -0.05) is 42.5 Å². The van der Waals surface area contributed by atoms with E-state index >= 15 is 0 Å². The number of likely N-dealkylation sites (N-methyl/N-ethyl adjacent to an activating group) is 1. The molecule has 31 heavy (non-hydrogen) atoms. The van der Waals surface area contributed by atoms with Crippen LogP contribution < -0.4 is 4.90 Å². The van der Waals surface area contributed by atoms with Crippen LogP contribution in [0.4, 0.5) is 5.69 Å². The van der Waals surface area contributed by atoms with E-state index in [9.17, 15) is 5.26 Å². The normalized spacial score (nSPS) is 13.2. The van der Waals surface area contributed by atoms with Gasteiger partial charge in [0.2, 0.25) is 0 Å². The topological polar surface area (TPSA) is 45.5 Å². The van der Waals surface area contributed by atoms with Gasteiger partial charge >= 0.3 is 0 Å². The molecule has 0 N–H and O–H groups in total. The predicted molar refractivity (Wildman–Crippen MR) is 127 cm³/mol. The summed E-state index contributed by atoms with van der Waals surface area (Å²) >= 11 is 0. The Bertz CT molecular complexity index is 1000. The lowest BCUT2D eigenvalue weighted by Crippen LogP contribution is -2.37. The minimum atomic E-state index is -0.261. The van der Waals surface area contributed by atoms with Crippen LogP contribution in [0.1, 0.15) is 44.2 Å². The zero-order valence-electron chi connectivity index (χ0n) is 18.9. The molecular weight excluding hydrogens is 384 g/mol. The number of hydrogen-bond acceptors (Lipinski definition) is 4. The number of rotatable bonds is 10. The van der Waals surface area contributed by atoms with Gasteiger partial charge in [-0.25, -0.2) is 0 Å². The SMILES string of the molecule is CCOC(CC(c1ccc(C#N)cc1)C(C)N(C)c1ccc2ccccc2c1)OCC. The van der Waals surface area contributed by atoms with Crippen LogP contribution >= 0.6 is 0 Å². The molecule has 4 heteroatoms. The second-order valence-electron chi connectivity index (χ2n) is 7.80. The maximum absolute atomic E-state index is 9.19. The molecule has 162 valence electrons. The summed E-state index contributed by atoms with van der Waals surface area (Å²) in [6.07, 6.45) is 0.482. The van der Waals surface area contributed by atoms with Gasteiger partial charge < -0.3 is 14.4 Å². The number of benzene rings is 3. The van der Waals surface area contributed by atoms with E-state index < -0.39 is 0 Å². The van der Waals surface area contributed by atoms with Gasteiger partial charge in [-0.2, -0.15) is 5.26 Å². The molecule has 0 aromatic heterocycles. The van der Waals surface area contributed by atoms with E-state index in [2.05, 4.69) is 79.5 Å². The van der Waals surface area contributed by atoms with E-state index in [4.69, 9.17) is 9.47 Å². The van der Waals surface area contributed by atoms with Gasteiger partial charge in [-0.15, -0.1) is 0 Å². The monoisotopic (exact) mass is 416 g/mol. The van der Waals surface area contributed by atoms with E-state index in [1.54, 1.807) is 0 Å². The zero-order valence-corrected chi connectivity index (χ0v) is 18.9. The van der Waals surface area contributed by atoms with Crippen molar-refractivity contribution in [3.8, 4) is 6.07 Å². The molecule has 0 saturated heterocycles. The van der Waals surface area contributed by atoms with Gasteiger partial charge in [0, 0.05) is 44.3 Å². The summed E-state index contributed by atoms with van der Waals surface area (Å²) in [6.45, 7) is 7.45. The Morgan fingerprint density at radius 1 is 0.903 bits per heavy atom. The van der Waals surface area contributed by atoms with Crippen LogP contribution in [0.2, 0.25) is 0 Å². The van der Waals surface area contributed by atoms with Crippen molar-refractivity contribution in [2.24, 2.45) is 0 Å². The second-order valence-corrected chi connectivity index (χ2v) is 7.80. The molecule has 0 radical (unpaired) electrons. The van der Waals surface area contributed by atoms with Crippen molar-refractivity contribution in [1.29, 1.82) is 5.26 Å². The van der Waals surface area contributed by atoms with E-state index in [1.807, 2.05) is 26.0 Å². The second kappa shape index (κ2) is 10.9. The molecule has 0 aliphatic rings. The minimum Gasteiger partial charge on any atom is -0.371 e. The first kappa shape index (κ1) is 22.8. The van der Waals surface area contributed by atoms with E-state index in [-0.39, 0.29) is 18.2 Å². The average Bonchev–Trinajstić information content (AvgIpc) is 2.81. The molecule has 2 unspecified atom stereocenters. The standard InChI is InChI=1S/C27H32N2O2/c1-5-30-27(31-6-2)18-26(23-13-11-21(19-28)12-14-23)20(3)29(4)25-16-15-22-9-7-8-10-24(22)17-25/h7-17,20,26-27H,5-6,18H2,1-4H3. The van der Waals surface area contributed by atoms with Gasteiger partial charge in [-0.05, 0) is 61.4 Å². The number of anilines is 1.